The lowest BCUT2D eigenvalue weighted by atomic mass is 9.75. The predicted octanol–water partition coefficient (Wildman–Crippen LogP) is 2.90. The van der Waals surface area contributed by atoms with Gasteiger partial charge in [-0.2, -0.15) is 0 Å². The molecule has 0 radical (unpaired) electrons. The molecule has 1 fully saturated rings. The molecule has 1 rings (SSSR count). The molecule has 0 aromatic carbocycles. The van der Waals surface area contributed by atoms with Crippen LogP contribution in [0.5, 0.6) is 0 Å². The summed E-state index contributed by atoms with van der Waals surface area (Å²) >= 11 is 0. The zero-order chi connectivity index (χ0) is 15.2. The van der Waals surface area contributed by atoms with Crippen LogP contribution in [0.3, 0.4) is 0 Å². The van der Waals surface area contributed by atoms with Gasteiger partial charge in [-0.25, -0.2) is 4.79 Å². The highest BCUT2D eigenvalue weighted by Crippen LogP contribution is 2.34. The third-order valence-electron chi connectivity index (χ3n) is 4.47. The Balaban J connectivity index is 2.22. The number of hydrogen-bond donors (Lipinski definition) is 3. The van der Waals surface area contributed by atoms with E-state index in [4.69, 9.17) is 5.11 Å². The highest BCUT2D eigenvalue weighted by molar-refractivity contribution is 5.74. The SMILES string of the molecule is CCC1(NC(=O)NCCC(C)(C)CCC(=O)O)CCC1. The number of hydrogen-bond acceptors (Lipinski definition) is 2. The number of carboxylic acid groups (broad SMARTS) is 1. The molecule has 5 heteroatoms. The number of nitrogens with one attached hydrogen (secondary N) is 2. The van der Waals surface area contributed by atoms with Crippen molar-refractivity contribution in [1.82, 2.24) is 10.6 Å². The normalized spacial score (nSPS) is 17.1. The zero-order valence-electron chi connectivity index (χ0n) is 12.9. The van der Waals surface area contributed by atoms with Gasteiger partial charge in [0.2, 0.25) is 0 Å². The van der Waals surface area contributed by atoms with Gasteiger partial charge >= 0.3 is 12.0 Å². The molecule has 1 aliphatic carbocycles. The number of aliphatic carboxylic acids is 1. The molecule has 1 aliphatic rings. The van der Waals surface area contributed by atoms with E-state index in [1.807, 2.05) is 13.8 Å². The van der Waals surface area contributed by atoms with Gasteiger partial charge < -0.3 is 15.7 Å². The highest BCUT2D eigenvalue weighted by atomic mass is 16.4. The van der Waals surface area contributed by atoms with Gasteiger partial charge in [0, 0.05) is 18.5 Å². The van der Waals surface area contributed by atoms with Crippen molar-refractivity contribution >= 4 is 12.0 Å². The summed E-state index contributed by atoms with van der Waals surface area (Å²) in [5.41, 5.74) is -0.0481. The van der Waals surface area contributed by atoms with Crippen LogP contribution < -0.4 is 10.6 Å². The molecule has 3 N–H and O–H groups in total. The third kappa shape index (κ3) is 5.39. The summed E-state index contributed by atoms with van der Waals surface area (Å²) < 4.78 is 0. The Morgan fingerprint density at radius 2 is 1.90 bits per heavy atom. The van der Waals surface area contributed by atoms with E-state index in [0.717, 1.165) is 25.7 Å². The van der Waals surface area contributed by atoms with Crippen molar-refractivity contribution in [2.45, 2.75) is 71.3 Å². The Labute approximate surface area is 121 Å². The minimum absolute atomic E-state index is 0.0168. The van der Waals surface area contributed by atoms with Crippen LogP contribution >= 0.6 is 0 Å². The van der Waals surface area contributed by atoms with Gasteiger partial charge in [0.1, 0.15) is 0 Å². The lowest BCUT2D eigenvalue weighted by molar-refractivity contribution is -0.137. The van der Waals surface area contributed by atoms with Crippen molar-refractivity contribution in [2.75, 3.05) is 6.54 Å². The number of urea groups is 1. The highest BCUT2D eigenvalue weighted by Gasteiger charge is 2.36. The van der Waals surface area contributed by atoms with E-state index in [1.54, 1.807) is 0 Å². The Hall–Kier alpha value is -1.26. The summed E-state index contributed by atoms with van der Waals surface area (Å²) in [5.74, 6) is -0.765. The maximum atomic E-state index is 11.8. The number of rotatable bonds is 8. The first-order valence-electron chi connectivity index (χ1n) is 7.56. The van der Waals surface area contributed by atoms with E-state index in [1.165, 1.54) is 6.42 Å². The maximum absolute atomic E-state index is 11.8. The van der Waals surface area contributed by atoms with E-state index in [-0.39, 0.29) is 23.4 Å². The lowest BCUT2D eigenvalue weighted by Gasteiger charge is -2.41. The molecule has 0 atom stereocenters. The van der Waals surface area contributed by atoms with E-state index < -0.39 is 5.97 Å². The smallest absolute Gasteiger partial charge is 0.315 e. The first kappa shape index (κ1) is 16.8. The quantitative estimate of drug-likeness (QED) is 0.641. The van der Waals surface area contributed by atoms with Crippen LogP contribution in [0.1, 0.15) is 65.7 Å². The second-order valence-corrected chi connectivity index (χ2v) is 6.68. The van der Waals surface area contributed by atoms with Crippen LogP contribution in [0.4, 0.5) is 4.79 Å². The fourth-order valence-electron chi connectivity index (χ4n) is 2.54. The van der Waals surface area contributed by atoms with Gasteiger partial charge in [0.05, 0.1) is 0 Å². The summed E-state index contributed by atoms with van der Waals surface area (Å²) in [6, 6.07) is -0.0967. The van der Waals surface area contributed by atoms with Gasteiger partial charge in [0.15, 0.2) is 0 Å². The van der Waals surface area contributed by atoms with Crippen LogP contribution in [0.15, 0.2) is 0 Å². The molecule has 20 heavy (non-hydrogen) atoms. The Morgan fingerprint density at radius 3 is 2.35 bits per heavy atom. The van der Waals surface area contributed by atoms with Crippen LogP contribution in [0.25, 0.3) is 0 Å². The molecule has 0 saturated heterocycles. The van der Waals surface area contributed by atoms with Gasteiger partial charge in [-0.05, 0) is 43.9 Å². The maximum Gasteiger partial charge on any atom is 0.315 e. The van der Waals surface area contributed by atoms with Gasteiger partial charge in [-0.15, -0.1) is 0 Å². The first-order chi connectivity index (χ1) is 9.29. The molecular formula is C15H28N2O3. The predicted molar refractivity (Wildman–Crippen MR) is 78.7 cm³/mol. The van der Waals surface area contributed by atoms with Crippen LogP contribution in [0, 0.1) is 5.41 Å². The summed E-state index contributed by atoms with van der Waals surface area (Å²) in [5, 5.41) is 14.7. The second kappa shape index (κ2) is 6.95. The third-order valence-corrected chi connectivity index (χ3v) is 4.47. The van der Waals surface area contributed by atoms with Crippen molar-refractivity contribution in [3.63, 3.8) is 0 Å². The van der Waals surface area contributed by atoms with E-state index in [0.29, 0.717) is 13.0 Å². The van der Waals surface area contributed by atoms with Crippen molar-refractivity contribution in [1.29, 1.82) is 0 Å². The fourth-order valence-corrected chi connectivity index (χ4v) is 2.54. The van der Waals surface area contributed by atoms with E-state index >= 15 is 0 Å². The summed E-state index contributed by atoms with van der Waals surface area (Å²) in [6.45, 7) is 6.76. The largest absolute Gasteiger partial charge is 0.481 e. The van der Waals surface area contributed by atoms with Gasteiger partial charge in [-0.3, -0.25) is 4.79 Å². The standard InChI is InChI=1S/C15H28N2O3/c1-4-15(7-5-8-15)17-13(20)16-11-10-14(2,3)9-6-12(18)19/h4-11H2,1-3H3,(H,18,19)(H2,16,17,20). The molecule has 2 amide bonds. The van der Waals surface area contributed by atoms with Crippen LogP contribution in [-0.2, 0) is 4.79 Å². The molecule has 116 valence electrons. The molecule has 0 heterocycles. The molecule has 0 unspecified atom stereocenters. The second-order valence-electron chi connectivity index (χ2n) is 6.68. The van der Waals surface area contributed by atoms with Crippen molar-refractivity contribution in [3.05, 3.63) is 0 Å². The van der Waals surface area contributed by atoms with Crippen molar-refractivity contribution in [3.8, 4) is 0 Å². The van der Waals surface area contributed by atoms with Crippen LogP contribution in [0.2, 0.25) is 0 Å². The Kier molecular flexibility index (Phi) is 5.84. The van der Waals surface area contributed by atoms with E-state index in [2.05, 4.69) is 17.6 Å². The molecular weight excluding hydrogens is 256 g/mol. The fraction of sp³-hybridized carbons (Fsp3) is 0.867. The number of carbonyl (C=O) groups is 2. The van der Waals surface area contributed by atoms with Gasteiger partial charge in [0.25, 0.3) is 0 Å². The minimum atomic E-state index is -0.765. The van der Waals surface area contributed by atoms with Crippen LogP contribution in [-0.4, -0.2) is 29.2 Å². The summed E-state index contributed by atoms with van der Waals surface area (Å²) in [4.78, 5) is 22.4. The number of carbonyl (C=O) groups excluding carboxylic acids is 1. The Morgan fingerprint density at radius 1 is 1.25 bits per heavy atom. The topological polar surface area (TPSA) is 78.4 Å². The zero-order valence-corrected chi connectivity index (χ0v) is 12.9. The van der Waals surface area contributed by atoms with Crippen molar-refractivity contribution in [2.24, 2.45) is 5.41 Å². The molecule has 5 nitrogen and oxygen atoms in total. The number of carboxylic acids is 1. The molecule has 0 aromatic heterocycles. The molecule has 0 aliphatic heterocycles. The first-order valence-corrected chi connectivity index (χ1v) is 7.56. The lowest BCUT2D eigenvalue weighted by Crippen LogP contribution is -2.56. The molecule has 0 aromatic rings. The Bertz CT molecular complexity index is 344. The molecule has 0 spiro atoms. The average molecular weight is 284 g/mol. The van der Waals surface area contributed by atoms with Crippen molar-refractivity contribution < 1.29 is 14.7 Å². The molecule has 1 saturated carbocycles. The monoisotopic (exact) mass is 284 g/mol. The summed E-state index contributed by atoms with van der Waals surface area (Å²) in [7, 11) is 0. The average Bonchev–Trinajstić information content (AvgIpc) is 2.31. The molecule has 0 bridgehead atoms. The van der Waals surface area contributed by atoms with Gasteiger partial charge in [-0.1, -0.05) is 20.8 Å². The summed E-state index contributed by atoms with van der Waals surface area (Å²) in [6.07, 6.45) is 5.90. The number of amides is 2. The minimum Gasteiger partial charge on any atom is -0.481 e. The van der Waals surface area contributed by atoms with E-state index in [9.17, 15) is 9.59 Å².